The number of carbonyl (C=O) groups is 1. The Kier molecular flexibility index (Phi) is 10.7. The Bertz CT molecular complexity index is 1760. The van der Waals surface area contributed by atoms with E-state index in [0.717, 1.165) is 22.3 Å². The van der Waals surface area contributed by atoms with Gasteiger partial charge in [-0.3, -0.25) is 4.79 Å². The van der Waals surface area contributed by atoms with E-state index in [1.165, 1.54) is 19.2 Å². The predicted octanol–water partition coefficient (Wildman–Crippen LogP) is 5.71. The Morgan fingerprint density at radius 2 is 1.60 bits per heavy atom. The van der Waals surface area contributed by atoms with Crippen LogP contribution in [0.25, 0.3) is 22.3 Å². The maximum Gasteiger partial charge on any atom is 0.251 e. The molecule has 0 aliphatic carbocycles. The number of aryl methyl sites for hydroxylation is 1. The zero-order chi connectivity index (χ0) is 34.6. The molecule has 1 heterocycles. The van der Waals surface area contributed by atoms with Gasteiger partial charge in [0.05, 0.1) is 19.8 Å². The van der Waals surface area contributed by atoms with Gasteiger partial charge in [0.1, 0.15) is 41.4 Å². The van der Waals surface area contributed by atoms with E-state index in [2.05, 4.69) is 5.32 Å². The first-order chi connectivity index (χ1) is 22.9. The molecule has 4 atom stereocenters. The summed E-state index contributed by atoms with van der Waals surface area (Å²) in [7, 11) is 4.62. The first kappa shape index (κ1) is 34.8. The molecular weight excluding hydrogens is 617 g/mol. The van der Waals surface area contributed by atoms with Crippen LogP contribution in [0.1, 0.15) is 35.3 Å². The van der Waals surface area contributed by atoms with Crippen LogP contribution in [0.4, 0.5) is 4.39 Å². The zero-order valence-corrected chi connectivity index (χ0v) is 28.0. The highest BCUT2D eigenvalue weighted by atomic mass is 19.1. The standard InChI is InChI=1S/C38H42FNO8/c1-22-17-25(15-16-40-36(43)26-13-14-31(45-5)30(20-26)24-10-8-12-28(19-24)44-4)29(23-9-7-11-27(39)18-23)21-32(22)47-37-34(42)33(41)35(46-6)38(2,3)48-37/h7-14,17-21,33-35,37,41-42H,15-16H2,1-6H3,(H,40,43)/t33-,34+,35+,37+/m0/s1. The van der Waals surface area contributed by atoms with E-state index in [4.69, 9.17) is 23.7 Å². The van der Waals surface area contributed by atoms with Crippen LogP contribution in [0, 0.1) is 12.7 Å². The summed E-state index contributed by atoms with van der Waals surface area (Å²) in [4.78, 5) is 13.3. The molecular formula is C38H42FNO8. The van der Waals surface area contributed by atoms with Crippen LogP contribution in [0.15, 0.2) is 78.9 Å². The molecule has 0 aromatic heterocycles. The van der Waals surface area contributed by atoms with Gasteiger partial charge in [-0.15, -0.1) is 0 Å². The number of benzene rings is 4. The van der Waals surface area contributed by atoms with Crippen molar-refractivity contribution in [3.8, 4) is 39.5 Å². The molecule has 4 aromatic carbocycles. The molecule has 1 amide bonds. The van der Waals surface area contributed by atoms with Crippen molar-refractivity contribution in [3.63, 3.8) is 0 Å². The molecule has 1 fully saturated rings. The molecule has 0 spiro atoms. The van der Waals surface area contributed by atoms with Gasteiger partial charge in [-0.2, -0.15) is 0 Å². The summed E-state index contributed by atoms with van der Waals surface area (Å²) in [5, 5.41) is 24.5. The highest BCUT2D eigenvalue weighted by Gasteiger charge is 2.50. The van der Waals surface area contributed by atoms with E-state index in [1.807, 2.05) is 37.3 Å². The number of hydrogen-bond donors (Lipinski definition) is 3. The molecule has 254 valence electrons. The van der Waals surface area contributed by atoms with Gasteiger partial charge in [-0.25, -0.2) is 4.39 Å². The number of methoxy groups -OCH3 is 3. The van der Waals surface area contributed by atoms with E-state index in [-0.39, 0.29) is 5.91 Å². The minimum Gasteiger partial charge on any atom is -0.497 e. The number of hydrogen-bond acceptors (Lipinski definition) is 8. The lowest BCUT2D eigenvalue weighted by atomic mass is 9.89. The number of amides is 1. The zero-order valence-electron chi connectivity index (χ0n) is 28.0. The number of nitrogens with one attached hydrogen (secondary N) is 1. The van der Waals surface area contributed by atoms with Crippen molar-refractivity contribution in [1.82, 2.24) is 5.32 Å². The number of halogens is 1. The lowest BCUT2D eigenvalue weighted by Crippen LogP contribution is -2.63. The molecule has 1 saturated heterocycles. The fourth-order valence-corrected chi connectivity index (χ4v) is 6.11. The summed E-state index contributed by atoms with van der Waals surface area (Å²) in [6.07, 6.45) is -4.14. The molecule has 0 unspecified atom stereocenters. The van der Waals surface area contributed by atoms with Crippen molar-refractivity contribution in [3.05, 3.63) is 101 Å². The van der Waals surface area contributed by atoms with E-state index in [9.17, 15) is 19.4 Å². The fraction of sp³-hybridized carbons (Fsp3) is 0.342. The second-order valence-electron chi connectivity index (χ2n) is 12.3. The maximum absolute atomic E-state index is 14.4. The monoisotopic (exact) mass is 659 g/mol. The maximum atomic E-state index is 14.4. The molecule has 1 aliphatic heterocycles. The van der Waals surface area contributed by atoms with Crippen molar-refractivity contribution in [2.75, 3.05) is 27.9 Å². The average Bonchev–Trinajstić information content (AvgIpc) is 3.07. The van der Waals surface area contributed by atoms with Crippen LogP contribution < -0.4 is 19.5 Å². The molecule has 9 nitrogen and oxygen atoms in total. The third-order valence-corrected chi connectivity index (χ3v) is 8.60. The normalized spacial score (nSPS) is 20.2. The number of aliphatic hydroxyl groups excluding tert-OH is 2. The van der Waals surface area contributed by atoms with Crippen LogP contribution in [0.5, 0.6) is 17.2 Å². The molecule has 0 bridgehead atoms. The molecule has 0 saturated carbocycles. The summed E-state index contributed by atoms with van der Waals surface area (Å²) in [5.41, 5.74) is 4.00. The van der Waals surface area contributed by atoms with Crippen LogP contribution in [0.2, 0.25) is 0 Å². The smallest absolute Gasteiger partial charge is 0.251 e. The van der Waals surface area contributed by atoms with E-state index >= 15 is 0 Å². The average molecular weight is 660 g/mol. The van der Waals surface area contributed by atoms with E-state index in [1.54, 1.807) is 64.5 Å². The van der Waals surface area contributed by atoms with Gasteiger partial charge in [0.25, 0.3) is 5.91 Å². The molecule has 10 heteroatoms. The van der Waals surface area contributed by atoms with Gasteiger partial charge in [0.2, 0.25) is 6.29 Å². The minimum atomic E-state index is -1.38. The highest BCUT2D eigenvalue weighted by molar-refractivity contribution is 5.96. The molecule has 4 aromatic rings. The summed E-state index contributed by atoms with van der Waals surface area (Å²) in [6, 6.07) is 22.7. The van der Waals surface area contributed by atoms with Crippen molar-refractivity contribution < 1.29 is 43.1 Å². The van der Waals surface area contributed by atoms with Crippen molar-refractivity contribution in [1.29, 1.82) is 0 Å². The third-order valence-electron chi connectivity index (χ3n) is 8.60. The molecule has 1 aliphatic rings. The Labute approximate surface area is 280 Å². The van der Waals surface area contributed by atoms with Crippen LogP contribution in [-0.2, 0) is 15.9 Å². The minimum absolute atomic E-state index is 0.259. The van der Waals surface area contributed by atoms with Gasteiger partial charge in [0.15, 0.2) is 0 Å². The Morgan fingerprint density at radius 3 is 2.29 bits per heavy atom. The first-order valence-electron chi connectivity index (χ1n) is 15.7. The number of ether oxygens (including phenoxy) is 5. The summed E-state index contributed by atoms with van der Waals surface area (Å²) in [6.45, 7) is 5.64. The van der Waals surface area contributed by atoms with Crippen molar-refractivity contribution >= 4 is 5.91 Å². The Balaban J connectivity index is 1.37. The van der Waals surface area contributed by atoms with Gasteiger partial charge in [-0.05, 0) is 104 Å². The number of aliphatic hydroxyl groups is 2. The second-order valence-corrected chi connectivity index (χ2v) is 12.3. The summed E-state index contributed by atoms with van der Waals surface area (Å²) in [5.74, 6) is 1.05. The lowest BCUT2D eigenvalue weighted by molar-refractivity contribution is -0.306. The van der Waals surface area contributed by atoms with Gasteiger partial charge < -0.3 is 39.2 Å². The largest absolute Gasteiger partial charge is 0.497 e. The fourth-order valence-electron chi connectivity index (χ4n) is 6.11. The van der Waals surface area contributed by atoms with Gasteiger partial charge in [0, 0.05) is 24.8 Å². The van der Waals surface area contributed by atoms with E-state index in [0.29, 0.717) is 46.9 Å². The van der Waals surface area contributed by atoms with Crippen LogP contribution >= 0.6 is 0 Å². The first-order valence-corrected chi connectivity index (χ1v) is 15.7. The predicted molar refractivity (Wildman–Crippen MR) is 180 cm³/mol. The Morgan fingerprint density at radius 1 is 0.875 bits per heavy atom. The van der Waals surface area contributed by atoms with Crippen LogP contribution in [-0.4, -0.2) is 74.2 Å². The van der Waals surface area contributed by atoms with E-state index < -0.39 is 36.0 Å². The third kappa shape index (κ3) is 7.47. The van der Waals surface area contributed by atoms with Gasteiger partial charge >= 0.3 is 0 Å². The molecule has 3 N–H and O–H groups in total. The summed E-state index contributed by atoms with van der Waals surface area (Å²) < 4.78 is 42.9. The highest BCUT2D eigenvalue weighted by Crippen LogP contribution is 2.37. The lowest BCUT2D eigenvalue weighted by Gasteiger charge is -2.46. The quantitative estimate of drug-likeness (QED) is 0.188. The SMILES string of the molecule is COc1cccc(-c2cc(C(=O)NCCc3cc(C)c(O[C@@H]4OC(C)(C)[C@H](OC)[C@@H](O)[C@H]4O)cc3-c3cccc(F)c3)ccc2OC)c1. The van der Waals surface area contributed by atoms with Gasteiger partial charge in [-0.1, -0.05) is 30.3 Å². The molecule has 48 heavy (non-hydrogen) atoms. The number of rotatable bonds is 11. The topological polar surface area (TPSA) is 116 Å². The Hall–Kier alpha value is -4.48. The molecule has 5 rings (SSSR count). The van der Waals surface area contributed by atoms with Crippen molar-refractivity contribution in [2.24, 2.45) is 0 Å². The van der Waals surface area contributed by atoms with Crippen LogP contribution in [0.3, 0.4) is 0 Å². The molecule has 0 radical (unpaired) electrons. The second kappa shape index (κ2) is 14.7. The summed E-state index contributed by atoms with van der Waals surface area (Å²) >= 11 is 0. The number of carbonyl (C=O) groups excluding carboxylic acids is 1. The van der Waals surface area contributed by atoms with Crippen molar-refractivity contribution in [2.45, 2.75) is 57.4 Å².